The number of nitrogens with zero attached hydrogens (tertiary/aromatic N) is 3. The van der Waals surface area contributed by atoms with Gasteiger partial charge >= 0.3 is 5.69 Å². The molecule has 0 radical (unpaired) electrons. The summed E-state index contributed by atoms with van der Waals surface area (Å²) in [5, 5.41) is 2.79. The second-order valence-corrected chi connectivity index (χ2v) is 10.3. The number of benzene rings is 3. The smallest absolute Gasteiger partial charge is 0.315 e. The Bertz CT molecular complexity index is 1370. The lowest BCUT2D eigenvalue weighted by Crippen LogP contribution is -2.54. The summed E-state index contributed by atoms with van der Waals surface area (Å²) in [6.07, 6.45) is 0. The minimum absolute atomic E-state index is 0.118. The van der Waals surface area contributed by atoms with E-state index < -0.39 is 18.4 Å². The Labute approximate surface area is 186 Å². The highest BCUT2D eigenvalue weighted by Crippen LogP contribution is 2.41. The van der Waals surface area contributed by atoms with Gasteiger partial charge in [0.1, 0.15) is 5.30 Å². The summed E-state index contributed by atoms with van der Waals surface area (Å²) < 4.78 is 17.5. The Morgan fingerprint density at radius 1 is 0.719 bits per heavy atom. The Morgan fingerprint density at radius 3 is 1.59 bits per heavy atom. The van der Waals surface area contributed by atoms with Gasteiger partial charge in [-0.3, -0.25) is 4.79 Å². The summed E-state index contributed by atoms with van der Waals surface area (Å²) in [6, 6.07) is 26.7. The first-order chi connectivity index (χ1) is 15.4. The van der Waals surface area contributed by atoms with Crippen LogP contribution in [-0.2, 0) is 4.57 Å². The van der Waals surface area contributed by atoms with Gasteiger partial charge in [-0.25, -0.2) is 14.0 Å². The molecule has 0 amide bonds. The highest BCUT2D eigenvalue weighted by molar-refractivity contribution is 7.85. The van der Waals surface area contributed by atoms with Gasteiger partial charge < -0.3 is 9.57 Å². The molecule has 162 valence electrons. The maximum absolute atomic E-state index is 15.0. The second-order valence-electron chi connectivity index (χ2n) is 7.63. The molecule has 0 spiro atoms. The van der Waals surface area contributed by atoms with Gasteiger partial charge in [-0.1, -0.05) is 78.9 Å². The molecule has 0 aliphatic rings. The first kappa shape index (κ1) is 21.6. The molecule has 0 atom stereocenters. The van der Waals surface area contributed by atoms with Crippen molar-refractivity contribution in [3.63, 3.8) is 0 Å². The second kappa shape index (κ2) is 8.48. The maximum Gasteiger partial charge on any atom is 0.354 e. The third-order valence-electron chi connectivity index (χ3n) is 5.41. The summed E-state index contributed by atoms with van der Waals surface area (Å²) in [4.78, 5) is 27.3. The highest BCUT2D eigenvalue weighted by Gasteiger charge is 2.37. The lowest BCUT2D eigenvalue weighted by atomic mass is 10.3. The third-order valence-corrected chi connectivity index (χ3v) is 8.60. The molecular formula is C25H24N3O3P. The number of rotatable bonds is 5. The molecule has 0 fully saturated rings. The Kier molecular flexibility index (Phi) is 5.72. The van der Waals surface area contributed by atoms with E-state index in [9.17, 15) is 14.2 Å². The number of aromatic nitrogens is 2. The molecule has 0 saturated carbocycles. The van der Waals surface area contributed by atoms with E-state index in [4.69, 9.17) is 0 Å². The summed E-state index contributed by atoms with van der Waals surface area (Å²) in [5.74, 6) is 0. The highest BCUT2D eigenvalue weighted by atomic mass is 31.2. The van der Waals surface area contributed by atoms with E-state index in [0.29, 0.717) is 22.0 Å². The van der Waals surface area contributed by atoms with Crippen molar-refractivity contribution in [2.45, 2.75) is 6.92 Å². The fourth-order valence-electron chi connectivity index (χ4n) is 4.01. The van der Waals surface area contributed by atoms with Crippen molar-refractivity contribution in [1.29, 1.82) is 0 Å². The zero-order valence-electron chi connectivity index (χ0n) is 18.2. The molecule has 0 aliphatic carbocycles. The Morgan fingerprint density at radius 2 is 1.16 bits per heavy atom. The van der Waals surface area contributed by atoms with Gasteiger partial charge in [0.15, 0.2) is 7.14 Å². The first-order valence-electron chi connectivity index (χ1n) is 10.2. The normalized spacial score (nSPS) is 11.3. The number of hydrogen-bond donors (Lipinski definition) is 0. The average molecular weight is 445 g/mol. The predicted molar refractivity (Wildman–Crippen MR) is 130 cm³/mol. The molecule has 0 unspecified atom stereocenters. The van der Waals surface area contributed by atoms with Crippen LogP contribution in [0.25, 0.3) is 5.69 Å². The van der Waals surface area contributed by atoms with Crippen LogP contribution in [0, 0.1) is 6.92 Å². The van der Waals surface area contributed by atoms with Crippen LogP contribution in [0.3, 0.4) is 0 Å². The molecule has 1 heterocycles. The Balaban J connectivity index is 2.21. The van der Waals surface area contributed by atoms with Gasteiger partial charge in [0.05, 0.1) is 11.4 Å². The molecule has 6 nitrogen and oxygen atoms in total. The van der Waals surface area contributed by atoms with Crippen molar-refractivity contribution in [2.75, 3.05) is 19.1 Å². The van der Waals surface area contributed by atoms with E-state index >= 15 is 0 Å². The minimum atomic E-state index is -3.61. The molecule has 0 aliphatic heterocycles. The molecule has 4 aromatic rings. The molecule has 32 heavy (non-hydrogen) atoms. The fraction of sp³-hybridized carbons (Fsp3) is 0.120. The van der Waals surface area contributed by atoms with Crippen molar-refractivity contribution in [2.24, 2.45) is 0 Å². The van der Waals surface area contributed by atoms with Crippen molar-refractivity contribution >= 4 is 23.1 Å². The topological polar surface area (TPSA) is 64.3 Å². The van der Waals surface area contributed by atoms with Crippen molar-refractivity contribution in [1.82, 2.24) is 9.24 Å². The van der Waals surface area contributed by atoms with Crippen molar-refractivity contribution in [3.8, 4) is 5.69 Å². The van der Waals surface area contributed by atoms with Gasteiger partial charge in [-0.05, 0) is 19.1 Å². The predicted octanol–water partition coefficient (Wildman–Crippen LogP) is 2.14. The van der Waals surface area contributed by atoms with E-state index in [1.807, 2.05) is 18.2 Å². The molecular weight excluding hydrogens is 421 g/mol. The molecule has 3 aromatic carbocycles. The Hall–Kier alpha value is -3.63. The van der Waals surface area contributed by atoms with Crippen LogP contribution in [0.5, 0.6) is 0 Å². The van der Waals surface area contributed by atoms with Crippen LogP contribution < -0.4 is 32.2 Å². The molecule has 4 rings (SSSR count). The molecule has 0 saturated heterocycles. The third kappa shape index (κ3) is 3.43. The van der Waals surface area contributed by atoms with Gasteiger partial charge in [0.25, 0.3) is 5.56 Å². The molecule has 0 bridgehead atoms. The average Bonchev–Trinajstić information content (AvgIpc) is 2.80. The van der Waals surface area contributed by atoms with E-state index in [-0.39, 0.29) is 5.30 Å². The fourth-order valence-corrected chi connectivity index (χ4v) is 6.93. The van der Waals surface area contributed by atoms with Crippen LogP contribution in [0.4, 0.5) is 0 Å². The summed E-state index contributed by atoms with van der Waals surface area (Å²) in [5.41, 5.74) is -0.312. The molecule has 7 heteroatoms. The van der Waals surface area contributed by atoms with E-state index in [2.05, 4.69) is 0 Å². The van der Waals surface area contributed by atoms with Crippen LogP contribution in [0.15, 0.2) is 101 Å². The van der Waals surface area contributed by atoms with Gasteiger partial charge in [-0.15, -0.1) is 0 Å². The van der Waals surface area contributed by atoms with Crippen molar-refractivity contribution in [3.05, 3.63) is 118 Å². The summed E-state index contributed by atoms with van der Waals surface area (Å²) in [6.45, 7) is 1.67. The standard InChI is InChI=1S/C25H24N3O3P/c1-19-23(32(31,21-15-9-5-10-16-21)22-17-11-6-12-18-22)24(29)27(20-13-7-4-8-14-20)25(30)28(19)26(2)3/h4-18H,1-3H3. The van der Waals surface area contributed by atoms with Crippen LogP contribution in [-0.4, -0.2) is 23.3 Å². The SMILES string of the molecule is Cc1c(P(=O)(c2ccccc2)c2ccccc2)c(=O)n(-c2ccccc2)c(=O)n1N(C)C. The van der Waals surface area contributed by atoms with Gasteiger partial charge in [-0.2, -0.15) is 0 Å². The van der Waals surface area contributed by atoms with Crippen molar-refractivity contribution < 1.29 is 4.57 Å². The zero-order chi connectivity index (χ0) is 22.9. The zero-order valence-corrected chi connectivity index (χ0v) is 19.1. The maximum atomic E-state index is 15.0. The number of para-hydroxylation sites is 1. The monoisotopic (exact) mass is 445 g/mol. The molecule has 1 aromatic heterocycles. The van der Waals surface area contributed by atoms with Gasteiger partial charge in [0.2, 0.25) is 0 Å². The van der Waals surface area contributed by atoms with E-state index in [1.165, 1.54) is 4.68 Å². The molecule has 0 N–H and O–H groups in total. The lowest BCUT2D eigenvalue weighted by molar-refractivity contribution is 0.589. The summed E-state index contributed by atoms with van der Waals surface area (Å²) in [7, 11) is -0.173. The van der Waals surface area contributed by atoms with Gasteiger partial charge in [0, 0.05) is 24.7 Å². The lowest BCUT2D eigenvalue weighted by Gasteiger charge is -2.27. The van der Waals surface area contributed by atoms with Crippen LogP contribution in [0.1, 0.15) is 5.69 Å². The largest absolute Gasteiger partial charge is 0.354 e. The van der Waals surface area contributed by atoms with E-state index in [1.54, 1.807) is 98.8 Å². The minimum Gasteiger partial charge on any atom is -0.315 e. The van der Waals surface area contributed by atoms with Crippen LogP contribution >= 0.6 is 7.14 Å². The first-order valence-corrected chi connectivity index (χ1v) is 11.9. The quantitative estimate of drug-likeness (QED) is 0.442. The van der Waals surface area contributed by atoms with Crippen LogP contribution in [0.2, 0.25) is 0 Å². The number of hydrogen-bond acceptors (Lipinski definition) is 4. The summed E-state index contributed by atoms with van der Waals surface area (Å²) >= 11 is 0. The van der Waals surface area contributed by atoms with E-state index in [0.717, 1.165) is 4.57 Å².